The Morgan fingerprint density at radius 3 is 1.86 bits per heavy atom. The number of nitriles is 1. The van der Waals surface area contributed by atoms with Crippen molar-refractivity contribution in [3.05, 3.63) is 132 Å². The number of benzene rings is 5. The van der Waals surface area contributed by atoms with Gasteiger partial charge in [-0.1, -0.05) is 66.7 Å². The fourth-order valence-corrected chi connectivity index (χ4v) is 4.80. The highest BCUT2D eigenvalue weighted by Crippen LogP contribution is 2.36. The van der Waals surface area contributed by atoms with Crippen molar-refractivity contribution in [1.82, 2.24) is 4.57 Å². The Hall–Kier alpha value is -5.12. The van der Waals surface area contributed by atoms with Gasteiger partial charge < -0.3 is 4.57 Å². The van der Waals surface area contributed by atoms with E-state index in [4.69, 9.17) is 6.57 Å². The Labute approximate surface area is 203 Å². The molecule has 0 saturated heterocycles. The van der Waals surface area contributed by atoms with Gasteiger partial charge in [0, 0.05) is 16.5 Å². The summed E-state index contributed by atoms with van der Waals surface area (Å²) in [5.41, 5.74) is 8.45. The maximum absolute atomic E-state index is 9.29. The van der Waals surface area contributed by atoms with E-state index in [0.29, 0.717) is 11.3 Å². The highest BCUT2D eigenvalue weighted by molar-refractivity contribution is 6.09. The molecule has 6 rings (SSSR count). The summed E-state index contributed by atoms with van der Waals surface area (Å²) in [4.78, 5) is 3.79. The van der Waals surface area contributed by atoms with E-state index in [0.717, 1.165) is 39.0 Å². The van der Waals surface area contributed by atoms with Crippen molar-refractivity contribution in [2.45, 2.75) is 0 Å². The van der Waals surface area contributed by atoms with Crippen LogP contribution in [0.4, 0.5) is 5.69 Å². The molecule has 3 nitrogen and oxygen atoms in total. The van der Waals surface area contributed by atoms with Gasteiger partial charge in [-0.2, -0.15) is 5.26 Å². The van der Waals surface area contributed by atoms with Gasteiger partial charge in [0.25, 0.3) is 0 Å². The van der Waals surface area contributed by atoms with Gasteiger partial charge >= 0.3 is 0 Å². The summed E-state index contributed by atoms with van der Waals surface area (Å²) in [5, 5.41) is 11.7. The standard InChI is InChI=1S/C32H19N3/c1-34-27-18-26(25-11-7-10-24(17-25)23-9-6-8-22(16-23)21-33)19-28(20-27)35-31-14-4-2-12-29(31)30-13-3-5-15-32(30)35/h2-20H. The number of hydrogen-bond donors (Lipinski definition) is 0. The molecule has 35 heavy (non-hydrogen) atoms. The molecule has 0 spiro atoms. The molecule has 0 N–H and O–H groups in total. The number of aromatic nitrogens is 1. The summed E-state index contributed by atoms with van der Waals surface area (Å²) in [5.74, 6) is 0. The van der Waals surface area contributed by atoms with Gasteiger partial charge in [-0.3, -0.25) is 0 Å². The summed E-state index contributed by atoms with van der Waals surface area (Å²) < 4.78 is 2.24. The van der Waals surface area contributed by atoms with E-state index in [9.17, 15) is 5.26 Å². The predicted octanol–water partition coefficient (Wildman–Crippen LogP) is 8.54. The van der Waals surface area contributed by atoms with Gasteiger partial charge in [-0.15, -0.1) is 0 Å². The van der Waals surface area contributed by atoms with Crippen LogP contribution in [0.1, 0.15) is 5.56 Å². The fraction of sp³-hybridized carbons (Fsp3) is 0. The van der Waals surface area contributed by atoms with Crippen molar-refractivity contribution < 1.29 is 0 Å². The van der Waals surface area contributed by atoms with Crippen molar-refractivity contribution >= 4 is 27.5 Å². The smallest absolute Gasteiger partial charge is 0.189 e. The Balaban J connectivity index is 1.56. The van der Waals surface area contributed by atoms with Crippen LogP contribution in [0.5, 0.6) is 0 Å². The highest BCUT2D eigenvalue weighted by atomic mass is 15.0. The molecule has 0 fully saturated rings. The molecule has 162 valence electrons. The maximum Gasteiger partial charge on any atom is 0.189 e. The first kappa shape index (κ1) is 20.5. The highest BCUT2D eigenvalue weighted by Gasteiger charge is 2.13. The van der Waals surface area contributed by atoms with Gasteiger partial charge in [-0.25, -0.2) is 4.85 Å². The van der Waals surface area contributed by atoms with Gasteiger partial charge in [0.2, 0.25) is 0 Å². The van der Waals surface area contributed by atoms with Crippen LogP contribution in [0.25, 0.3) is 54.6 Å². The zero-order chi connectivity index (χ0) is 23.8. The van der Waals surface area contributed by atoms with Crippen LogP contribution < -0.4 is 0 Å². The van der Waals surface area contributed by atoms with Crippen LogP contribution in [-0.2, 0) is 0 Å². The summed E-state index contributed by atoms with van der Waals surface area (Å²) in [6.07, 6.45) is 0. The molecule has 0 bridgehead atoms. The molecule has 0 saturated carbocycles. The predicted molar refractivity (Wildman–Crippen MR) is 143 cm³/mol. The number of para-hydroxylation sites is 2. The minimum Gasteiger partial charge on any atom is -0.310 e. The lowest BCUT2D eigenvalue weighted by atomic mass is 9.97. The quantitative estimate of drug-likeness (QED) is 0.251. The van der Waals surface area contributed by atoms with Crippen LogP contribution in [0.15, 0.2) is 115 Å². The first-order valence-electron chi connectivity index (χ1n) is 11.4. The summed E-state index contributed by atoms with van der Waals surface area (Å²) in [6.45, 7) is 7.76. The molecule has 3 heteroatoms. The van der Waals surface area contributed by atoms with Crippen molar-refractivity contribution in [1.29, 1.82) is 5.26 Å². The number of rotatable bonds is 3. The first-order chi connectivity index (χ1) is 17.2. The lowest BCUT2D eigenvalue weighted by Crippen LogP contribution is -1.94. The Bertz CT molecular complexity index is 1770. The van der Waals surface area contributed by atoms with Gasteiger partial charge in [0.05, 0.1) is 29.2 Å². The second-order valence-electron chi connectivity index (χ2n) is 8.49. The second kappa shape index (κ2) is 8.34. The molecule has 0 atom stereocenters. The van der Waals surface area contributed by atoms with E-state index in [1.807, 2.05) is 48.5 Å². The molecular weight excluding hydrogens is 426 g/mol. The Morgan fingerprint density at radius 2 is 1.20 bits per heavy atom. The fourth-order valence-electron chi connectivity index (χ4n) is 4.80. The van der Waals surface area contributed by atoms with E-state index in [2.05, 4.69) is 82.2 Å². The van der Waals surface area contributed by atoms with Crippen LogP contribution in [0.2, 0.25) is 0 Å². The summed E-state index contributed by atoms with van der Waals surface area (Å²) in [6, 6.07) is 40.9. The third-order valence-electron chi connectivity index (χ3n) is 6.39. The molecule has 0 unspecified atom stereocenters. The number of nitrogens with zero attached hydrogens (tertiary/aromatic N) is 3. The molecule has 1 aromatic heterocycles. The van der Waals surface area contributed by atoms with Crippen molar-refractivity contribution in [3.8, 4) is 34.0 Å². The monoisotopic (exact) mass is 445 g/mol. The average molecular weight is 446 g/mol. The maximum atomic E-state index is 9.29. The molecule has 6 aromatic rings. The zero-order valence-corrected chi connectivity index (χ0v) is 18.8. The molecule has 0 aliphatic heterocycles. The topological polar surface area (TPSA) is 33.1 Å². The normalized spacial score (nSPS) is 10.8. The Morgan fingerprint density at radius 1 is 0.600 bits per heavy atom. The van der Waals surface area contributed by atoms with Crippen LogP contribution in [0.3, 0.4) is 0 Å². The average Bonchev–Trinajstić information content (AvgIpc) is 3.27. The van der Waals surface area contributed by atoms with Crippen LogP contribution >= 0.6 is 0 Å². The largest absolute Gasteiger partial charge is 0.310 e. The lowest BCUT2D eigenvalue weighted by molar-refractivity contribution is 1.18. The van der Waals surface area contributed by atoms with E-state index < -0.39 is 0 Å². The third kappa shape index (κ3) is 3.53. The molecule has 0 aliphatic rings. The zero-order valence-electron chi connectivity index (χ0n) is 18.8. The van der Waals surface area contributed by atoms with Crippen molar-refractivity contribution in [3.63, 3.8) is 0 Å². The van der Waals surface area contributed by atoms with Gasteiger partial charge in [0.1, 0.15) is 0 Å². The van der Waals surface area contributed by atoms with Gasteiger partial charge in [-0.05, 0) is 70.8 Å². The van der Waals surface area contributed by atoms with E-state index in [1.54, 1.807) is 0 Å². The van der Waals surface area contributed by atoms with Crippen molar-refractivity contribution in [2.24, 2.45) is 0 Å². The molecule has 0 amide bonds. The molecule has 0 aliphatic carbocycles. The Kier molecular flexibility index (Phi) is 4.88. The molecule has 1 heterocycles. The summed E-state index contributed by atoms with van der Waals surface area (Å²) in [7, 11) is 0. The minimum atomic E-state index is 0.594. The lowest BCUT2D eigenvalue weighted by Gasteiger charge is -2.12. The first-order valence-corrected chi connectivity index (χ1v) is 11.4. The third-order valence-corrected chi connectivity index (χ3v) is 6.39. The van der Waals surface area contributed by atoms with E-state index in [1.165, 1.54) is 10.8 Å². The number of fused-ring (bicyclic) bond motifs is 3. The molecular formula is C32H19N3. The SMILES string of the molecule is [C-]#[N+]c1cc(-c2cccc(-c3cccc(C#N)c3)c2)cc(-n2c3ccccc3c3ccccc32)c1. The van der Waals surface area contributed by atoms with E-state index in [-0.39, 0.29) is 0 Å². The molecule has 0 radical (unpaired) electrons. The van der Waals surface area contributed by atoms with Crippen LogP contribution in [-0.4, -0.2) is 4.57 Å². The minimum absolute atomic E-state index is 0.594. The van der Waals surface area contributed by atoms with Crippen LogP contribution in [0, 0.1) is 17.9 Å². The van der Waals surface area contributed by atoms with Crippen molar-refractivity contribution in [2.75, 3.05) is 0 Å². The molecule has 5 aromatic carbocycles. The second-order valence-corrected chi connectivity index (χ2v) is 8.49. The van der Waals surface area contributed by atoms with Gasteiger partial charge in [0.15, 0.2) is 5.69 Å². The number of hydrogen-bond acceptors (Lipinski definition) is 1. The summed E-state index contributed by atoms with van der Waals surface area (Å²) >= 11 is 0. The van der Waals surface area contributed by atoms with E-state index >= 15 is 0 Å².